The summed E-state index contributed by atoms with van der Waals surface area (Å²) in [6, 6.07) is 5.02. The van der Waals surface area contributed by atoms with Gasteiger partial charge in [-0.1, -0.05) is 0 Å². The Kier molecular flexibility index (Phi) is 2.95. The molecule has 1 aromatic carbocycles. The Hall–Kier alpha value is -2.11. The van der Waals surface area contributed by atoms with E-state index in [9.17, 15) is 8.78 Å². The average molecular weight is 239 g/mol. The largest absolute Gasteiger partial charge is 0.496 e. The van der Waals surface area contributed by atoms with Crippen LogP contribution in [0, 0.1) is 0 Å². The number of halogens is 2. The van der Waals surface area contributed by atoms with Crippen molar-refractivity contribution in [2.24, 2.45) is 0 Å². The Labute approximate surface area is 96.6 Å². The second kappa shape index (κ2) is 4.40. The van der Waals surface area contributed by atoms with E-state index in [0.717, 1.165) is 0 Å². The molecule has 0 unspecified atom stereocenters. The van der Waals surface area contributed by atoms with Crippen molar-refractivity contribution in [3.05, 3.63) is 30.6 Å². The highest BCUT2D eigenvalue weighted by Gasteiger charge is 2.12. The minimum atomic E-state index is -2.65. The third-order valence-electron chi connectivity index (χ3n) is 2.34. The Morgan fingerprint density at radius 3 is 2.76 bits per heavy atom. The first-order valence-electron chi connectivity index (χ1n) is 4.88. The maximum absolute atomic E-state index is 12.4. The van der Waals surface area contributed by atoms with Gasteiger partial charge in [0.1, 0.15) is 5.75 Å². The van der Waals surface area contributed by atoms with Gasteiger partial charge >= 0.3 is 6.55 Å². The molecular weight excluding hydrogens is 228 g/mol. The third kappa shape index (κ3) is 2.20. The van der Waals surface area contributed by atoms with E-state index >= 15 is 0 Å². The zero-order valence-corrected chi connectivity index (χ0v) is 9.10. The van der Waals surface area contributed by atoms with Crippen LogP contribution in [0.5, 0.6) is 5.75 Å². The summed E-state index contributed by atoms with van der Waals surface area (Å²) >= 11 is 0. The van der Waals surface area contributed by atoms with Gasteiger partial charge in [-0.2, -0.15) is 13.9 Å². The highest BCUT2D eigenvalue weighted by molar-refractivity contribution is 5.72. The molecule has 0 amide bonds. The van der Waals surface area contributed by atoms with Crippen LogP contribution >= 0.6 is 0 Å². The maximum atomic E-state index is 12.4. The summed E-state index contributed by atoms with van der Waals surface area (Å²) in [4.78, 5) is 0. The number of nitrogens with zero attached hydrogens (tertiary/aromatic N) is 2. The van der Waals surface area contributed by atoms with Crippen LogP contribution in [0.4, 0.5) is 14.5 Å². The Bertz CT molecular complexity index is 525. The molecular formula is C11H11F2N3O. The quantitative estimate of drug-likeness (QED) is 0.837. The zero-order valence-electron chi connectivity index (χ0n) is 9.10. The lowest BCUT2D eigenvalue weighted by Gasteiger charge is -2.07. The van der Waals surface area contributed by atoms with E-state index in [0.29, 0.717) is 27.2 Å². The smallest absolute Gasteiger partial charge is 0.333 e. The molecule has 0 spiro atoms. The molecule has 0 fully saturated rings. The lowest BCUT2D eigenvalue weighted by molar-refractivity contribution is 0.0566. The molecule has 0 radical (unpaired) electrons. The fourth-order valence-electron chi connectivity index (χ4n) is 1.53. The lowest BCUT2D eigenvalue weighted by atomic mass is 10.1. The molecule has 1 aromatic heterocycles. The molecule has 4 nitrogen and oxygen atoms in total. The minimum absolute atomic E-state index is 0.527. The van der Waals surface area contributed by atoms with Gasteiger partial charge in [0.2, 0.25) is 0 Å². The normalized spacial score (nSPS) is 10.8. The molecule has 2 N–H and O–H groups in total. The third-order valence-corrected chi connectivity index (χ3v) is 2.34. The molecule has 0 aliphatic carbocycles. The number of benzene rings is 1. The summed E-state index contributed by atoms with van der Waals surface area (Å²) in [5.74, 6) is 0.527. The SMILES string of the molecule is COc1cc(N)ccc1-c1cnn(C(F)F)c1. The molecule has 17 heavy (non-hydrogen) atoms. The number of ether oxygens (including phenoxy) is 1. The highest BCUT2D eigenvalue weighted by Crippen LogP contribution is 2.31. The molecule has 2 rings (SSSR count). The molecule has 0 saturated heterocycles. The van der Waals surface area contributed by atoms with E-state index in [1.165, 1.54) is 19.5 Å². The number of hydrogen-bond acceptors (Lipinski definition) is 3. The topological polar surface area (TPSA) is 53.1 Å². The predicted octanol–water partition coefficient (Wildman–Crippen LogP) is 2.54. The lowest BCUT2D eigenvalue weighted by Crippen LogP contribution is -1.96. The summed E-state index contributed by atoms with van der Waals surface area (Å²) in [5.41, 5.74) is 7.39. The predicted molar refractivity (Wildman–Crippen MR) is 59.9 cm³/mol. The van der Waals surface area contributed by atoms with E-state index in [2.05, 4.69) is 5.10 Å². The van der Waals surface area contributed by atoms with Gasteiger partial charge in [-0.05, 0) is 12.1 Å². The molecule has 0 saturated carbocycles. The number of aromatic nitrogens is 2. The molecule has 0 aliphatic heterocycles. The van der Waals surface area contributed by atoms with Crippen LogP contribution in [0.3, 0.4) is 0 Å². The number of rotatable bonds is 3. The molecule has 2 aromatic rings. The van der Waals surface area contributed by atoms with Crippen LogP contribution < -0.4 is 10.5 Å². The number of hydrogen-bond donors (Lipinski definition) is 1. The monoisotopic (exact) mass is 239 g/mol. The fraction of sp³-hybridized carbons (Fsp3) is 0.182. The molecule has 0 atom stereocenters. The van der Waals surface area contributed by atoms with Crippen molar-refractivity contribution in [1.82, 2.24) is 9.78 Å². The van der Waals surface area contributed by atoms with Crippen LogP contribution in [0.2, 0.25) is 0 Å². The number of alkyl halides is 2. The van der Waals surface area contributed by atoms with Gasteiger partial charge in [0.25, 0.3) is 0 Å². The number of methoxy groups -OCH3 is 1. The van der Waals surface area contributed by atoms with Gasteiger partial charge in [-0.3, -0.25) is 0 Å². The van der Waals surface area contributed by atoms with Gasteiger partial charge in [0, 0.05) is 29.1 Å². The summed E-state index contributed by atoms with van der Waals surface area (Å²) < 4.78 is 30.5. The second-order valence-corrected chi connectivity index (χ2v) is 3.45. The maximum Gasteiger partial charge on any atom is 0.333 e. The van der Waals surface area contributed by atoms with Crippen molar-refractivity contribution in [2.45, 2.75) is 6.55 Å². The molecule has 6 heteroatoms. The van der Waals surface area contributed by atoms with Crippen LogP contribution in [-0.4, -0.2) is 16.9 Å². The summed E-state index contributed by atoms with van der Waals surface area (Å²) in [7, 11) is 1.50. The molecule has 90 valence electrons. The number of nitrogen functional groups attached to an aromatic ring is 1. The van der Waals surface area contributed by atoms with E-state index in [1.54, 1.807) is 18.2 Å². The average Bonchev–Trinajstić information content (AvgIpc) is 2.78. The van der Waals surface area contributed by atoms with Crippen molar-refractivity contribution in [2.75, 3.05) is 12.8 Å². The van der Waals surface area contributed by atoms with Crippen molar-refractivity contribution in [1.29, 1.82) is 0 Å². The standard InChI is InChI=1S/C11H11F2N3O/c1-17-10-4-8(14)2-3-9(10)7-5-15-16(6-7)11(12)13/h2-6,11H,14H2,1H3. The first kappa shape index (κ1) is 11.4. The summed E-state index contributed by atoms with van der Waals surface area (Å²) in [6.07, 6.45) is 2.62. The first-order valence-corrected chi connectivity index (χ1v) is 4.88. The van der Waals surface area contributed by atoms with E-state index in [4.69, 9.17) is 10.5 Å². The Balaban J connectivity index is 2.44. The highest BCUT2D eigenvalue weighted by atomic mass is 19.3. The Morgan fingerprint density at radius 2 is 2.18 bits per heavy atom. The van der Waals surface area contributed by atoms with Crippen molar-refractivity contribution < 1.29 is 13.5 Å². The van der Waals surface area contributed by atoms with Gasteiger partial charge in [-0.25, -0.2) is 4.68 Å². The van der Waals surface area contributed by atoms with E-state index < -0.39 is 6.55 Å². The molecule has 0 aliphatic rings. The molecule has 0 bridgehead atoms. The first-order chi connectivity index (χ1) is 8.11. The van der Waals surface area contributed by atoms with Crippen LogP contribution in [0.15, 0.2) is 30.6 Å². The van der Waals surface area contributed by atoms with Gasteiger partial charge in [-0.15, -0.1) is 0 Å². The number of anilines is 1. The van der Waals surface area contributed by atoms with Crippen molar-refractivity contribution >= 4 is 5.69 Å². The number of nitrogens with two attached hydrogens (primary N) is 1. The second-order valence-electron chi connectivity index (χ2n) is 3.45. The fourth-order valence-corrected chi connectivity index (χ4v) is 1.53. The molecule has 1 heterocycles. The minimum Gasteiger partial charge on any atom is -0.496 e. The summed E-state index contributed by atoms with van der Waals surface area (Å²) in [6.45, 7) is -2.65. The van der Waals surface area contributed by atoms with Crippen LogP contribution in [0.25, 0.3) is 11.1 Å². The van der Waals surface area contributed by atoms with Crippen LogP contribution in [-0.2, 0) is 0 Å². The van der Waals surface area contributed by atoms with Gasteiger partial charge < -0.3 is 10.5 Å². The summed E-state index contributed by atoms with van der Waals surface area (Å²) in [5, 5.41) is 3.57. The van der Waals surface area contributed by atoms with Crippen LogP contribution in [0.1, 0.15) is 6.55 Å². The van der Waals surface area contributed by atoms with Gasteiger partial charge in [0.15, 0.2) is 0 Å². The zero-order chi connectivity index (χ0) is 12.4. The van der Waals surface area contributed by atoms with Gasteiger partial charge in [0.05, 0.1) is 13.3 Å². The Morgan fingerprint density at radius 1 is 1.41 bits per heavy atom. The van der Waals surface area contributed by atoms with Crippen molar-refractivity contribution in [3.8, 4) is 16.9 Å². The van der Waals surface area contributed by atoms with E-state index in [-0.39, 0.29) is 0 Å². The van der Waals surface area contributed by atoms with E-state index in [1.807, 2.05) is 0 Å². The van der Waals surface area contributed by atoms with Crippen molar-refractivity contribution in [3.63, 3.8) is 0 Å².